The molecule has 0 radical (unpaired) electrons. The van der Waals surface area contributed by atoms with Crippen molar-refractivity contribution < 1.29 is 24.8 Å². The van der Waals surface area contributed by atoms with Crippen molar-refractivity contribution in [2.24, 2.45) is 0 Å². The molecule has 0 unspecified atom stereocenters. The van der Waals surface area contributed by atoms with Gasteiger partial charge in [-0.15, -0.1) is 6.58 Å². The van der Waals surface area contributed by atoms with Crippen molar-refractivity contribution >= 4 is 0 Å². The molecular weight excluding hydrogens is 344 g/mol. The van der Waals surface area contributed by atoms with Gasteiger partial charge in [0.1, 0.15) is 24.4 Å². The molecule has 0 bridgehead atoms. The van der Waals surface area contributed by atoms with Gasteiger partial charge in [0.05, 0.1) is 13.2 Å². The molecule has 1 aliphatic rings. The highest BCUT2D eigenvalue weighted by atomic mass is 16.6. The van der Waals surface area contributed by atoms with E-state index in [1.807, 2.05) is 6.08 Å². The van der Waals surface area contributed by atoms with E-state index in [0.29, 0.717) is 6.61 Å². The lowest BCUT2D eigenvalue weighted by Crippen LogP contribution is -2.41. The van der Waals surface area contributed by atoms with Crippen molar-refractivity contribution in [1.82, 2.24) is 0 Å². The van der Waals surface area contributed by atoms with Gasteiger partial charge in [-0.3, -0.25) is 0 Å². The molecular formula is C22H42O5. The molecule has 4 atom stereocenters. The van der Waals surface area contributed by atoms with Crippen molar-refractivity contribution in [3.05, 3.63) is 12.7 Å². The Kier molecular flexibility index (Phi) is 15.0. The molecule has 1 heterocycles. The van der Waals surface area contributed by atoms with Crippen LogP contribution in [-0.2, 0) is 9.47 Å². The van der Waals surface area contributed by atoms with Crippen molar-refractivity contribution in [1.29, 1.82) is 0 Å². The van der Waals surface area contributed by atoms with Gasteiger partial charge in [0.2, 0.25) is 0 Å². The predicted molar refractivity (Wildman–Crippen MR) is 109 cm³/mol. The molecule has 1 fully saturated rings. The highest BCUT2D eigenvalue weighted by Gasteiger charge is 2.40. The Bertz CT molecular complexity index is 350. The average molecular weight is 387 g/mol. The Labute approximate surface area is 165 Å². The zero-order valence-corrected chi connectivity index (χ0v) is 17.1. The van der Waals surface area contributed by atoms with Gasteiger partial charge >= 0.3 is 0 Å². The summed E-state index contributed by atoms with van der Waals surface area (Å²) in [4.78, 5) is 0. The summed E-state index contributed by atoms with van der Waals surface area (Å²) in [5.74, 6) is 0. The molecule has 5 nitrogen and oxygen atoms in total. The molecule has 1 aliphatic heterocycles. The van der Waals surface area contributed by atoms with Gasteiger partial charge in [-0.05, 0) is 19.3 Å². The first-order valence-electron chi connectivity index (χ1n) is 11.0. The predicted octanol–water partition coefficient (Wildman–Crippen LogP) is 3.74. The van der Waals surface area contributed by atoms with Crippen LogP contribution in [0.3, 0.4) is 0 Å². The van der Waals surface area contributed by atoms with Crippen molar-refractivity contribution in [3.8, 4) is 0 Å². The molecule has 0 amide bonds. The van der Waals surface area contributed by atoms with Crippen LogP contribution in [0.5, 0.6) is 0 Å². The molecule has 160 valence electrons. The average Bonchev–Trinajstić information content (AvgIpc) is 3.04. The molecule has 0 saturated carbocycles. The lowest BCUT2D eigenvalue weighted by molar-refractivity contribution is -0.0730. The fourth-order valence-electron chi connectivity index (χ4n) is 3.60. The Morgan fingerprint density at radius 2 is 1.44 bits per heavy atom. The first-order valence-corrected chi connectivity index (χ1v) is 11.0. The highest BCUT2D eigenvalue weighted by Crippen LogP contribution is 2.20. The number of unbranched alkanes of at least 4 members (excludes halogenated alkanes) is 12. The first kappa shape index (κ1) is 24.6. The van der Waals surface area contributed by atoms with E-state index in [-0.39, 0.29) is 6.61 Å². The van der Waals surface area contributed by atoms with E-state index in [2.05, 4.69) is 6.58 Å². The van der Waals surface area contributed by atoms with Gasteiger partial charge in [-0.1, -0.05) is 70.3 Å². The van der Waals surface area contributed by atoms with E-state index in [0.717, 1.165) is 19.3 Å². The SMILES string of the molecule is C=CCCCCCCCCCCCCCCO[C@H]1CO[C@@H]([C@H](O)CO)[C@H]1O. The minimum Gasteiger partial charge on any atom is -0.394 e. The number of aliphatic hydroxyl groups excluding tert-OH is 3. The Morgan fingerprint density at radius 1 is 0.926 bits per heavy atom. The van der Waals surface area contributed by atoms with E-state index in [1.54, 1.807) is 0 Å². The van der Waals surface area contributed by atoms with Crippen LogP contribution in [0.25, 0.3) is 0 Å². The molecule has 27 heavy (non-hydrogen) atoms. The van der Waals surface area contributed by atoms with Crippen LogP contribution >= 0.6 is 0 Å². The van der Waals surface area contributed by atoms with Gasteiger partial charge in [-0.25, -0.2) is 0 Å². The highest BCUT2D eigenvalue weighted by molar-refractivity contribution is 4.88. The van der Waals surface area contributed by atoms with Gasteiger partial charge in [0.25, 0.3) is 0 Å². The molecule has 0 aromatic heterocycles. The number of ether oxygens (including phenoxy) is 2. The summed E-state index contributed by atoms with van der Waals surface area (Å²) in [5, 5.41) is 28.5. The number of rotatable bonds is 18. The van der Waals surface area contributed by atoms with Gasteiger partial charge < -0.3 is 24.8 Å². The van der Waals surface area contributed by atoms with E-state index in [4.69, 9.17) is 14.6 Å². The number of hydrogen-bond donors (Lipinski definition) is 3. The Hall–Kier alpha value is -0.460. The Balaban J connectivity index is 1.82. The smallest absolute Gasteiger partial charge is 0.114 e. The van der Waals surface area contributed by atoms with Crippen LogP contribution in [-0.4, -0.2) is 59.6 Å². The first-order chi connectivity index (χ1) is 13.2. The second-order valence-corrected chi connectivity index (χ2v) is 7.77. The lowest BCUT2D eigenvalue weighted by atomic mass is 10.0. The second kappa shape index (κ2) is 16.5. The number of hydrogen-bond acceptors (Lipinski definition) is 5. The Morgan fingerprint density at radius 3 is 1.96 bits per heavy atom. The quantitative estimate of drug-likeness (QED) is 0.247. The molecule has 0 spiro atoms. The normalized spacial score (nSPS) is 23.6. The number of allylic oxidation sites excluding steroid dienone is 1. The summed E-state index contributed by atoms with van der Waals surface area (Å²) in [7, 11) is 0. The summed E-state index contributed by atoms with van der Waals surface area (Å²) in [6, 6.07) is 0. The maximum Gasteiger partial charge on any atom is 0.114 e. The van der Waals surface area contributed by atoms with Crippen LogP contribution in [0.4, 0.5) is 0 Å². The van der Waals surface area contributed by atoms with Gasteiger partial charge in [0.15, 0.2) is 0 Å². The molecule has 0 aromatic carbocycles. The summed E-state index contributed by atoms with van der Waals surface area (Å²) in [5.41, 5.74) is 0. The van der Waals surface area contributed by atoms with Crippen LogP contribution < -0.4 is 0 Å². The third kappa shape index (κ3) is 11.2. The van der Waals surface area contributed by atoms with Crippen LogP contribution in [0.2, 0.25) is 0 Å². The van der Waals surface area contributed by atoms with Gasteiger partial charge in [0, 0.05) is 6.61 Å². The fourth-order valence-corrected chi connectivity index (χ4v) is 3.60. The van der Waals surface area contributed by atoms with Crippen molar-refractivity contribution in [3.63, 3.8) is 0 Å². The summed E-state index contributed by atoms with van der Waals surface area (Å²) < 4.78 is 11.0. The van der Waals surface area contributed by atoms with Crippen LogP contribution in [0, 0.1) is 0 Å². The van der Waals surface area contributed by atoms with Crippen LogP contribution in [0.1, 0.15) is 83.5 Å². The van der Waals surface area contributed by atoms with E-state index < -0.39 is 31.0 Å². The maximum atomic E-state index is 10.0. The fraction of sp³-hybridized carbons (Fsp3) is 0.909. The van der Waals surface area contributed by atoms with E-state index >= 15 is 0 Å². The molecule has 0 aromatic rings. The van der Waals surface area contributed by atoms with Crippen molar-refractivity contribution in [2.45, 2.75) is 108 Å². The lowest BCUT2D eigenvalue weighted by Gasteiger charge is -2.20. The molecule has 1 rings (SSSR count). The maximum absolute atomic E-state index is 10.0. The number of aliphatic hydroxyl groups is 3. The third-order valence-electron chi connectivity index (χ3n) is 5.37. The summed E-state index contributed by atoms with van der Waals surface area (Å²) in [6.45, 7) is 4.23. The zero-order chi connectivity index (χ0) is 19.7. The monoisotopic (exact) mass is 386 g/mol. The van der Waals surface area contributed by atoms with Crippen molar-refractivity contribution in [2.75, 3.05) is 19.8 Å². The zero-order valence-electron chi connectivity index (χ0n) is 17.1. The van der Waals surface area contributed by atoms with E-state index in [9.17, 15) is 10.2 Å². The summed E-state index contributed by atoms with van der Waals surface area (Å²) in [6.07, 6.45) is 15.6. The van der Waals surface area contributed by atoms with E-state index in [1.165, 1.54) is 64.2 Å². The molecule has 3 N–H and O–H groups in total. The molecule has 1 saturated heterocycles. The summed E-state index contributed by atoms with van der Waals surface area (Å²) >= 11 is 0. The second-order valence-electron chi connectivity index (χ2n) is 7.77. The standard InChI is InChI=1S/C22H42O5/c1-2-3-4-5-6-7-8-9-10-11-12-13-14-15-16-26-20-18-27-22(21(20)25)19(24)17-23/h2,19-25H,1,3-18H2/t19-,20+,21+,22+/m1/s1. The largest absolute Gasteiger partial charge is 0.394 e. The van der Waals surface area contributed by atoms with Gasteiger partial charge in [-0.2, -0.15) is 0 Å². The third-order valence-corrected chi connectivity index (χ3v) is 5.37. The minimum atomic E-state index is -1.05. The minimum absolute atomic E-state index is 0.275. The molecule has 5 heteroatoms. The molecule has 0 aliphatic carbocycles. The topological polar surface area (TPSA) is 79.2 Å². The van der Waals surface area contributed by atoms with Crippen LogP contribution in [0.15, 0.2) is 12.7 Å².